The molecule has 5 heteroatoms. The summed E-state index contributed by atoms with van der Waals surface area (Å²) in [6.45, 7) is 7.71. The van der Waals surface area contributed by atoms with Crippen LogP contribution in [0.1, 0.15) is 75.1 Å². The van der Waals surface area contributed by atoms with Crippen LogP contribution in [0.2, 0.25) is 0 Å². The first-order valence-corrected chi connectivity index (χ1v) is 9.20. The number of rotatable bonds is 5. The predicted octanol–water partition coefficient (Wildman–Crippen LogP) is 4.09. The van der Waals surface area contributed by atoms with Gasteiger partial charge in [0.1, 0.15) is 0 Å². The van der Waals surface area contributed by atoms with Crippen molar-refractivity contribution in [1.29, 1.82) is 0 Å². The molecular formula is C20H27N3O2. The molecule has 3 rings (SSSR count). The average Bonchev–Trinajstić information content (AvgIpc) is 3.13. The van der Waals surface area contributed by atoms with Gasteiger partial charge in [-0.3, -0.25) is 4.79 Å². The van der Waals surface area contributed by atoms with Crippen molar-refractivity contribution >= 4 is 5.91 Å². The molecule has 0 N–H and O–H groups in total. The molecule has 1 aliphatic rings. The van der Waals surface area contributed by atoms with Gasteiger partial charge in [0.25, 0.3) is 0 Å². The normalized spacial score (nSPS) is 19.2. The minimum Gasteiger partial charge on any atom is -0.342 e. The Labute approximate surface area is 149 Å². The van der Waals surface area contributed by atoms with Gasteiger partial charge in [-0.05, 0) is 24.3 Å². The van der Waals surface area contributed by atoms with Gasteiger partial charge in [-0.25, -0.2) is 0 Å². The quantitative estimate of drug-likeness (QED) is 0.822. The van der Waals surface area contributed by atoms with Crippen LogP contribution in [-0.4, -0.2) is 34.0 Å². The Hall–Kier alpha value is -2.17. The Morgan fingerprint density at radius 2 is 2.04 bits per heavy atom. The maximum Gasteiger partial charge on any atom is 0.229 e. The van der Waals surface area contributed by atoms with E-state index in [0.717, 1.165) is 25.2 Å². The monoisotopic (exact) mass is 341 g/mol. The zero-order valence-corrected chi connectivity index (χ0v) is 15.3. The standard InChI is InChI=1S/C20H27N3O2/c1-14(2)20-21-19(22-25-20)17-10-7-11-23(13-17)18(24)12-15(3)16-8-5-4-6-9-16/h4-6,8-9,14-15,17H,7,10-13H2,1-3H3/t15-,17-/m1/s1. The van der Waals surface area contributed by atoms with Gasteiger partial charge in [-0.1, -0.05) is 56.3 Å². The lowest BCUT2D eigenvalue weighted by Crippen LogP contribution is -2.39. The lowest BCUT2D eigenvalue weighted by atomic mass is 9.94. The fourth-order valence-corrected chi connectivity index (χ4v) is 3.35. The van der Waals surface area contributed by atoms with Crippen LogP contribution in [0.15, 0.2) is 34.9 Å². The highest BCUT2D eigenvalue weighted by Crippen LogP contribution is 2.28. The maximum atomic E-state index is 12.7. The third-order valence-electron chi connectivity index (χ3n) is 4.94. The van der Waals surface area contributed by atoms with E-state index in [0.29, 0.717) is 18.9 Å². The molecule has 1 saturated heterocycles. The van der Waals surface area contributed by atoms with Crippen molar-refractivity contribution in [2.24, 2.45) is 0 Å². The van der Waals surface area contributed by atoms with E-state index in [1.807, 2.05) is 36.9 Å². The molecule has 0 spiro atoms. The van der Waals surface area contributed by atoms with Gasteiger partial charge in [0.15, 0.2) is 5.82 Å². The lowest BCUT2D eigenvalue weighted by molar-refractivity contribution is -0.132. The molecule has 0 unspecified atom stereocenters. The van der Waals surface area contributed by atoms with E-state index in [2.05, 4.69) is 29.2 Å². The summed E-state index contributed by atoms with van der Waals surface area (Å²) in [7, 11) is 0. The third-order valence-corrected chi connectivity index (χ3v) is 4.94. The van der Waals surface area contributed by atoms with E-state index in [1.165, 1.54) is 5.56 Å². The number of amides is 1. The van der Waals surface area contributed by atoms with Gasteiger partial charge < -0.3 is 9.42 Å². The number of hydrogen-bond donors (Lipinski definition) is 0. The summed E-state index contributed by atoms with van der Waals surface area (Å²) in [6.07, 6.45) is 2.54. The zero-order valence-electron chi connectivity index (χ0n) is 15.3. The molecule has 0 aliphatic carbocycles. The summed E-state index contributed by atoms with van der Waals surface area (Å²) in [4.78, 5) is 19.2. The van der Waals surface area contributed by atoms with Gasteiger partial charge in [0.05, 0.1) is 0 Å². The first-order valence-electron chi connectivity index (χ1n) is 9.20. The molecule has 0 saturated carbocycles. The van der Waals surface area contributed by atoms with E-state index in [-0.39, 0.29) is 23.7 Å². The van der Waals surface area contributed by atoms with Crippen molar-refractivity contribution < 1.29 is 9.32 Å². The number of aromatic nitrogens is 2. The fourth-order valence-electron chi connectivity index (χ4n) is 3.35. The van der Waals surface area contributed by atoms with Crippen LogP contribution in [0.25, 0.3) is 0 Å². The van der Waals surface area contributed by atoms with Crippen LogP contribution in [0.5, 0.6) is 0 Å². The second kappa shape index (κ2) is 7.81. The summed E-state index contributed by atoms with van der Waals surface area (Å²) in [5.41, 5.74) is 1.21. The summed E-state index contributed by atoms with van der Waals surface area (Å²) in [5.74, 6) is 2.28. The first-order chi connectivity index (χ1) is 12.0. The molecule has 1 amide bonds. The molecule has 2 aromatic rings. The van der Waals surface area contributed by atoms with Crippen molar-refractivity contribution in [1.82, 2.24) is 15.0 Å². The van der Waals surface area contributed by atoms with Crippen LogP contribution in [0.4, 0.5) is 0 Å². The van der Waals surface area contributed by atoms with E-state index in [4.69, 9.17) is 4.52 Å². The van der Waals surface area contributed by atoms with E-state index in [9.17, 15) is 4.79 Å². The van der Waals surface area contributed by atoms with Crippen molar-refractivity contribution in [3.8, 4) is 0 Å². The summed E-state index contributed by atoms with van der Waals surface area (Å²) < 4.78 is 5.33. The number of carbonyl (C=O) groups is 1. The molecule has 0 radical (unpaired) electrons. The smallest absolute Gasteiger partial charge is 0.229 e. The highest BCUT2D eigenvalue weighted by molar-refractivity contribution is 5.77. The molecule has 134 valence electrons. The number of nitrogens with zero attached hydrogens (tertiary/aromatic N) is 3. The predicted molar refractivity (Wildman–Crippen MR) is 96.4 cm³/mol. The van der Waals surface area contributed by atoms with E-state index < -0.39 is 0 Å². The lowest BCUT2D eigenvalue weighted by Gasteiger charge is -2.32. The Morgan fingerprint density at radius 3 is 2.72 bits per heavy atom. The number of benzene rings is 1. The molecular weight excluding hydrogens is 314 g/mol. The number of likely N-dealkylation sites (tertiary alicyclic amines) is 1. The molecule has 1 aliphatic heterocycles. The van der Waals surface area contributed by atoms with Crippen molar-refractivity contribution in [2.45, 2.75) is 57.8 Å². The number of carbonyl (C=O) groups excluding carboxylic acids is 1. The Balaban J connectivity index is 1.61. The molecule has 1 aromatic carbocycles. The molecule has 1 aromatic heterocycles. The molecule has 1 fully saturated rings. The third kappa shape index (κ3) is 4.27. The topological polar surface area (TPSA) is 59.2 Å². The minimum absolute atomic E-state index is 0.181. The van der Waals surface area contributed by atoms with Gasteiger partial charge in [0, 0.05) is 31.3 Å². The van der Waals surface area contributed by atoms with Crippen LogP contribution >= 0.6 is 0 Å². The number of hydrogen-bond acceptors (Lipinski definition) is 4. The van der Waals surface area contributed by atoms with Crippen LogP contribution in [0.3, 0.4) is 0 Å². The first kappa shape index (κ1) is 17.6. The van der Waals surface area contributed by atoms with Gasteiger partial charge >= 0.3 is 0 Å². The SMILES string of the molecule is CC(C)c1nc([C@@H]2CCCN(C(=O)C[C@@H](C)c3ccccc3)C2)no1. The fraction of sp³-hybridized carbons (Fsp3) is 0.550. The van der Waals surface area contributed by atoms with Crippen LogP contribution in [-0.2, 0) is 4.79 Å². The molecule has 2 heterocycles. The van der Waals surface area contributed by atoms with Gasteiger partial charge in [-0.2, -0.15) is 4.98 Å². The van der Waals surface area contributed by atoms with E-state index >= 15 is 0 Å². The summed E-state index contributed by atoms with van der Waals surface area (Å²) in [6, 6.07) is 10.2. The Morgan fingerprint density at radius 1 is 1.28 bits per heavy atom. The summed E-state index contributed by atoms with van der Waals surface area (Å²) >= 11 is 0. The van der Waals surface area contributed by atoms with Crippen LogP contribution in [0, 0.1) is 0 Å². The summed E-state index contributed by atoms with van der Waals surface area (Å²) in [5, 5.41) is 4.14. The Kier molecular flexibility index (Phi) is 5.51. The van der Waals surface area contributed by atoms with Crippen molar-refractivity contribution in [3.63, 3.8) is 0 Å². The molecule has 5 nitrogen and oxygen atoms in total. The highest BCUT2D eigenvalue weighted by Gasteiger charge is 2.29. The van der Waals surface area contributed by atoms with Crippen LogP contribution < -0.4 is 0 Å². The van der Waals surface area contributed by atoms with Crippen molar-refractivity contribution in [2.75, 3.05) is 13.1 Å². The zero-order chi connectivity index (χ0) is 17.8. The second-order valence-electron chi connectivity index (χ2n) is 7.34. The largest absolute Gasteiger partial charge is 0.342 e. The second-order valence-corrected chi connectivity index (χ2v) is 7.34. The highest BCUT2D eigenvalue weighted by atomic mass is 16.5. The maximum absolute atomic E-state index is 12.7. The van der Waals surface area contributed by atoms with Gasteiger partial charge in [-0.15, -0.1) is 0 Å². The minimum atomic E-state index is 0.181. The van der Waals surface area contributed by atoms with E-state index in [1.54, 1.807) is 0 Å². The van der Waals surface area contributed by atoms with Gasteiger partial charge in [0.2, 0.25) is 11.8 Å². The number of piperidine rings is 1. The molecule has 2 atom stereocenters. The Bertz CT molecular complexity index is 696. The average molecular weight is 341 g/mol. The molecule has 0 bridgehead atoms. The van der Waals surface area contributed by atoms with Crippen molar-refractivity contribution in [3.05, 3.63) is 47.6 Å². The molecule has 25 heavy (non-hydrogen) atoms.